The number of nitrogens with one attached hydrogen (secondary N) is 1. The molecule has 0 aliphatic heterocycles. The smallest absolute Gasteiger partial charge is 0.350 e. The van der Waals surface area contributed by atoms with Crippen LogP contribution in [-0.4, -0.2) is 30.2 Å². The summed E-state index contributed by atoms with van der Waals surface area (Å²) in [5.74, 6) is -0.694. The van der Waals surface area contributed by atoms with Crippen molar-refractivity contribution in [2.24, 2.45) is 0 Å². The van der Waals surface area contributed by atoms with Gasteiger partial charge >= 0.3 is 5.97 Å². The quantitative estimate of drug-likeness (QED) is 0.786. The van der Waals surface area contributed by atoms with Crippen molar-refractivity contribution in [1.82, 2.24) is 0 Å². The number of ether oxygens (including phenoxy) is 1. The van der Waals surface area contributed by atoms with Crippen molar-refractivity contribution in [3.63, 3.8) is 0 Å². The number of carbonyl (C=O) groups excluding carboxylic acids is 2. The second kappa shape index (κ2) is 6.36. The lowest BCUT2D eigenvalue weighted by Gasteiger charge is -2.06. The molecule has 1 rings (SSSR count). The highest BCUT2D eigenvalue weighted by molar-refractivity contribution is 7.12. The van der Waals surface area contributed by atoms with E-state index >= 15 is 0 Å². The Bertz CT molecular complexity index is 400. The molecule has 0 radical (unpaired) electrons. The predicted molar refractivity (Wildman–Crippen MR) is 65.2 cm³/mol. The lowest BCUT2D eigenvalue weighted by molar-refractivity contribution is -0.116. The van der Waals surface area contributed by atoms with Crippen molar-refractivity contribution in [3.8, 4) is 0 Å². The number of hydrogen-bond acceptors (Lipinski definition) is 5. The molecule has 1 aromatic heterocycles. The van der Waals surface area contributed by atoms with E-state index in [0.29, 0.717) is 17.0 Å². The fourth-order valence-electron chi connectivity index (χ4n) is 1.21. The summed E-state index contributed by atoms with van der Waals surface area (Å²) in [6, 6.07) is 1.65. The zero-order valence-electron chi connectivity index (χ0n) is 9.73. The van der Waals surface area contributed by atoms with Crippen LogP contribution in [0.4, 0.5) is 5.69 Å². The molecular weight excluding hydrogens is 242 g/mol. The standard InChI is InChI=1S/C11H15NO4S/c1-7(13)3-4-9(14)12-8-5-6-17-10(8)11(15)16-2/h5-7,13H,3-4H2,1-2H3,(H,12,14). The average molecular weight is 257 g/mol. The van der Waals surface area contributed by atoms with Crippen LogP contribution in [0.2, 0.25) is 0 Å². The predicted octanol–water partition coefficient (Wildman–Crippen LogP) is 1.63. The Morgan fingerprint density at radius 1 is 1.59 bits per heavy atom. The highest BCUT2D eigenvalue weighted by Crippen LogP contribution is 2.23. The molecule has 5 nitrogen and oxygen atoms in total. The third-order valence-electron chi connectivity index (χ3n) is 2.10. The number of methoxy groups -OCH3 is 1. The first kappa shape index (κ1) is 13.7. The number of anilines is 1. The third-order valence-corrected chi connectivity index (χ3v) is 2.99. The number of hydrogen-bond donors (Lipinski definition) is 2. The van der Waals surface area contributed by atoms with Crippen molar-refractivity contribution in [2.75, 3.05) is 12.4 Å². The highest BCUT2D eigenvalue weighted by Gasteiger charge is 2.15. The maximum absolute atomic E-state index is 11.5. The van der Waals surface area contributed by atoms with Crippen LogP contribution in [0, 0.1) is 0 Å². The second-order valence-corrected chi connectivity index (χ2v) is 4.51. The third kappa shape index (κ3) is 4.16. The Labute approximate surface area is 103 Å². The van der Waals surface area contributed by atoms with Crippen LogP contribution in [0.25, 0.3) is 0 Å². The Kier molecular flexibility index (Phi) is 5.11. The van der Waals surface area contributed by atoms with Gasteiger partial charge in [0.1, 0.15) is 4.88 Å². The van der Waals surface area contributed by atoms with Gasteiger partial charge in [-0.2, -0.15) is 0 Å². The van der Waals surface area contributed by atoms with Gasteiger partial charge in [-0.3, -0.25) is 4.79 Å². The van der Waals surface area contributed by atoms with Crippen LogP contribution in [-0.2, 0) is 9.53 Å². The fourth-order valence-corrected chi connectivity index (χ4v) is 1.98. The molecular formula is C11H15NO4S. The van der Waals surface area contributed by atoms with Crippen LogP contribution in [0.1, 0.15) is 29.4 Å². The van der Waals surface area contributed by atoms with Crippen LogP contribution >= 0.6 is 11.3 Å². The van der Waals surface area contributed by atoms with Crippen molar-refractivity contribution in [2.45, 2.75) is 25.9 Å². The zero-order valence-corrected chi connectivity index (χ0v) is 10.5. The average Bonchev–Trinajstić information content (AvgIpc) is 2.73. The monoisotopic (exact) mass is 257 g/mol. The summed E-state index contributed by atoms with van der Waals surface area (Å²) < 4.78 is 4.60. The summed E-state index contributed by atoms with van der Waals surface area (Å²) >= 11 is 1.21. The molecule has 17 heavy (non-hydrogen) atoms. The van der Waals surface area contributed by atoms with Crippen molar-refractivity contribution < 1.29 is 19.4 Å². The molecule has 1 amide bonds. The number of carbonyl (C=O) groups is 2. The largest absolute Gasteiger partial charge is 0.465 e. The summed E-state index contributed by atoms with van der Waals surface area (Å²) in [5, 5.41) is 13.4. The zero-order chi connectivity index (χ0) is 12.8. The van der Waals surface area contributed by atoms with Crippen LogP contribution in [0.15, 0.2) is 11.4 Å². The van der Waals surface area contributed by atoms with E-state index in [9.17, 15) is 9.59 Å². The minimum Gasteiger partial charge on any atom is -0.465 e. The van der Waals surface area contributed by atoms with Crippen LogP contribution in [0.3, 0.4) is 0 Å². The minimum absolute atomic E-state index is 0.216. The number of thiophene rings is 1. The number of esters is 1. The molecule has 0 spiro atoms. The summed E-state index contributed by atoms with van der Waals surface area (Å²) in [5.41, 5.74) is 0.456. The van der Waals surface area contributed by atoms with Gasteiger partial charge in [-0.15, -0.1) is 11.3 Å². The van der Waals surface area contributed by atoms with E-state index in [4.69, 9.17) is 5.11 Å². The van der Waals surface area contributed by atoms with Crippen molar-refractivity contribution >= 4 is 28.9 Å². The first-order valence-electron chi connectivity index (χ1n) is 5.18. The normalized spacial score (nSPS) is 11.9. The molecule has 1 atom stereocenters. The fraction of sp³-hybridized carbons (Fsp3) is 0.455. The van der Waals surface area contributed by atoms with Crippen LogP contribution in [0.5, 0.6) is 0 Å². The van der Waals surface area contributed by atoms with Gasteiger partial charge in [0.15, 0.2) is 0 Å². The van der Waals surface area contributed by atoms with E-state index in [1.165, 1.54) is 18.4 Å². The van der Waals surface area contributed by atoms with Crippen molar-refractivity contribution in [3.05, 3.63) is 16.3 Å². The number of rotatable bonds is 5. The lowest BCUT2D eigenvalue weighted by atomic mass is 10.2. The second-order valence-electron chi connectivity index (χ2n) is 3.59. The molecule has 0 aromatic carbocycles. The van der Waals surface area contributed by atoms with Gasteiger partial charge in [-0.25, -0.2) is 4.79 Å². The van der Waals surface area contributed by atoms with Crippen LogP contribution < -0.4 is 5.32 Å². The Morgan fingerprint density at radius 3 is 2.88 bits per heavy atom. The maximum Gasteiger partial charge on any atom is 0.350 e. The first-order valence-corrected chi connectivity index (χ1v) is 6.06. The molecule has 0 saturated carbocycles. The summed E-state index contributed by atoms with van der Waals surface area (Å²) in [6.07, 6.45) is 0.0980. The number of aliphatic hydroxyl groups excluding tert-OH is 1. The molecule has 6 heteroatoms. The van der Waals surface area contributed by atoms with E-state index < -0.39 is 12.1 Å². The molecule has 0 aliphatic carbocycles. The molecule has 1 aromatic rings. The topological polar surface area (TPSA) is 75.6 Å². The lowest BCUT2D eigenvalue weighted by Crippen LogP contribution is -2.15. The number of aliphatic hydroxyl groups is 1. The summed E-state index contributed by atoms with van der Waals surface area (Å²) in [6.45, 7) is 1.62. The SMILES string of the molecule is COC(=O)c1sccc1NC(=O)CCC(C)O. The minimum atomic E-state index is -0.511. The number of amides is 1. The molecule has 1 heterocycles. The molecule has 0 fully saturated rings. The van der Waals surface area contributed by atoms with E-state index in [1.807, 2.05) is 0 Å². The van der Waals surface area contributed by atoms with E-state index in [0.717, 1.165) is 0 Å². The van der Waals surface area contributed by atoms with Gasteiger partial charge in [0.2, 0.25) is 5.91 Å². The van der Waals surface area contributed by atoms with Gasteiger partial charge in [0.25, 0.3) is 0 Å². The molecule has 1 unspecified atom stereocenters. The molecule has 0 aliphatic rings. The van der Waals surface area contributed by atoms with Gasteiger partial charge in [-0.05, 0) is 24.8 Å². The Morgan fingerprint density at radius 2 is 2.29 bits per heavy atom. The highest BCUT2D eigenvalue weighted by atomic mass is 32.1. The Hall–Kier alpha value is -1.40. The van der Waals surface area contributed by atoms with Gasteiger partial charge in [0.05, 0.1) is 18.9 Å². The van der Waals surface area contributed by atoms with E-state index in [-0.39, 0.29) is 12.3 Å². The van der Waals surface area contributed by atoms with Gasteiger partial charge in [0, 0.05) is 6.42 Å². The summed E-state index contributed by atoms with van der Waals surface area (Å²) in [7, 11) is 1.29. The molecule has 0 saturated heterocycles. The van der Waals surface area contributed by atoms with E-state index in [1.54, 1.807) is 18.4 Å². The molecule has 0 bridgehead atoms. The van der Waals surface area contributed by atoms with E-state index in [2.05, 4.69) is 10.1 Å². The molecule has 2 N–H and O–H groups in total. The summed E-state index contributed by atoms with van der Waals surface area (Å²) in [4.78, 5) is 23.2. The first-order chi connectivity index (χ1) is 8.04. The van der Waals surface area contributed by atoms with Gasteiger partial charge in [-0.1, -0.05) is 0 Å². The van der Waals surface area contributed by atoms with Gasteiger partial charge < -0.3 is 15.2 Å². The molecule has 94 valence electrons. The Balaban J connectivity index is 2.59. The van der Waals surface area contributed by atoms with Crippen molar-refractivity contribution in [1.29, 1.82) is 0 Å². The maximum atomic E-state index is 11.5.